The van der Waals surface area contributed by atoms with Crippen molar-refractivity contribution in [2.45, 2.75) is 50.9 Å². The minimum atomic E-state index is -0.977. The van der Waals surface area contributed by atoms with Gasteiger partial charge in [0.1, 0.15) is 16.6 Å². The SMILES string of the molecule is C[C@@H](c1ccc(-c2ccc3n[nH]nc3c2)cc1)N1CCC(CC(C)(C)O)(c2ccccc2)OC1=O. The number of aliphatic hydroxyl groups is 1. The molecule has 1 aromatic heterocycles. The lowest BCUT2D eigenvalue weighted by molar-refractivity contribution is -0.101. The van der Waals surface area contributed by atoms with Crippen LogP contribution < -0.4 is 0 Å². The Balaban J connectivity index is 1.35. The Morgan fingerprint density at radius 3 is 2.40 bits per heavy atom. The van der Waals surface area contributed by atoms with Crippen molar-refractivity contribution in [3.05, 3.63) is 83.9 Å². The molecule has 1 fully saturated rings. The normalized spacial score (nSPS) is 19.5. The van der Waals surface area contributed by atoms with Crippen molar-refractivity contribution in [1.29, 1.82) is 0 Å². The smallest absolute Gasteiger partial charge is 0.411 e. The molecule has 180 valence electrons. The first-order chi connectivity index (χ1) is 16.7. The van der Waals surface area contributed by atoms with Gasteiger partial charge in [-0.2, -0.15) is 15.4 Å². The number of benzene rings is 3. The van der Waals surface area contributed by atoms with Gasteiger partial charge in [0.25, 0.3) is 0 Å². The number of carbonyl (C=O) groups excluding carboxylic acids is 1. The standard InChI is InChI=1S/C28H30N4O3/c1-19(20-9-11-21(12-10-20)22-13-14-24-25(17-22)30-31-29-24)32-16-15-28(35-26(32)33,18-27(2,3)34)23-7-5-4-6-8-23/h4-14,17,19,34H,15-16,18H2,1-3H3,(H,29,30,31)/t19-,28?/m0/s1. The lowest BCUT2D eigenvalue weighted by Crippen LogP contribution is -2.51. The van der Waals surface area contributed by atoms with E-state index in [2.05, 4.69) is 39.7 Å². The van der Waals surface area contributed by atoms with Gasteiger partial charge >= 0.3 is 6.09 Å². The fourth-order valence-electron chi connectivity index (χ4n) is 5.05. The van der Waals surface area contributed by atoms with Gasteiger partial charge in [-0.25, -0.2) is 4.79 Å². The zero-order valence-electron chi connectivity index (χ0n) is 20.2. The van der Waals surface area contributed by atoms with E-state index in [1.807, 2.05) is 55.5 Å². The molecule has 2 atom stereocenters. The molecule has 2 N–H and O–H groups in total. The summed E-state index contributed by atoms with van der Waals surface area (Å²) < 4.78 is 6.13. The minimum Gasteiger partial charge on any atom is -0.438 e. The van der Waals surface area contributed by atoms with Crippen molar-refractivity contribution >= 4 is 17.1 Å². The molecule has 5 rings (SSSR count). The van der Waals surface area contributed by atoms with Crippen LogP contribution in [0, 0.1) is 0 Å². The molecule has 1 aliphatic rings. The highest BCUT2D eigenvalue weighted by molar-refractivity contribution is 5.81. The number of amides is 1. The van der Waals surface area contributed by atoms with Crippen LogP contribution in [0.5, 0.6) is 0 Å². The van der Waals surface area contributed by atoms with Gasteiger partial charge in [0.2, 0.25) is 0 Å². The second-order valence-corrected chi connectivity index (χ2v) is 9.99. The first-order valence-corrected chi connectivity index (χ1v) is 11.9. The molecule has 4 aromatic rings. The monoisotopic (exact) mass is 470 g/mol. The largest absolute Gasteiger partial charge is 0.438 e. The van der Waals surface area contributed by atoms with Crippen molar-refractivity contribution in [3.63, 3.8) is 0 Å². The number of nitrogens with zero attached hydrogens (tertiary/aromatic N) is 3. The Hall–Kier alpha value is -3.71. The average molecular weight is 471 g/mol. The second-order valence-electron chi connectivity index (χ2n) is 9.99. The van der Waals surface area contributed by atoms with E-state index in [0.29, 0.717) is 19.4 Å². The number of cyclic esters (lactones) is 1. The lowest BCUT2D eigenvalue weighted by Gasteiger charge is -2.45. The average Bonchev–Trinajstić information content (AvgIpc) is 3.31. The van der Waals surface area contributed by atoms with Crippen molar-refractivity contribution in [3.8, 4) is 11.1 Å². The van der Waals surface area contributed by atoms with E-state index >= 15 is 0 Å². The molecule has 1 saturated heterocycles. The quantitative estimate of drug-likeness (QED) is 0.384. The van der Waals surface area contributed by atoms with E-state index in [1.54, 1.807) is 18.7 Å². The van der Waals surface area contributed by atoms with E-state index in [9.17, 15) is 9.90 Å². The number of aromatic nitrogens is 3. The Labute approximate surface area is 204 Å². The Kier molecular flexibility index (Phi) is 5.81. The molecule has 3 aromatic carbocycles. The van der Waals surface area contributed by atoms with Gasteiger partial charge in [0.05, 0.1) is 11.6 Å². The van der Waals surface area contributed by atoms with E-state index in [1.165, 1.54) is 0 Å². The zero-order valence-corrected chi connectivity index (χ0v) is 20.2. The molecule has 7 nitrogen and oxygen atoms in total. The maximum absolute atomic E-state index is 13.3. The van der Waals surface area contributed by atoms with Crippen LogP contribution in [0.4, 0.5) is 4.79 Å². The highest BCUT2D eigenvalue weighted by Crippen LogP contribution is 2.42. The maximum atomic E-state index is 13.3. The summed E-state index contributed by atoms with van der Waals surface area (Å²) in [4.78, 5) is 15.0. The van der Waals surface area contributed by atoms with Gasteiger partial charge in [-0.15, -0.1) is 0 Å². The van der Waals surface area contributed by atoms with Gasteiger partial charge in [-0.05, 0) is 55.2 Å². The first kappa shape index (κ1) is 23.1. The number of rotatable bonds is 6. The Morgan fingerprint density at radius 1 is 1.03 bits per heavy atom. The molecule has 35 heavy (non-hydrogen) atoms. The third-order valence-electron chi connectivity index (χ3n) is 6.80. The summed E-state index contributed by atoms with van der Waals surface area (Å²) in [6.07, 6.45) is 0.576. The number of hydrogen-bond donors (Lipinski definition) is 2. The maximum Gasteiger partial charge on any atom is 0.411 e. The molecule has 1 amide bonds. The number of H-pyrrole nitrogens is 1. The summed E-state index contributed by atoms with van der Waals surface area (Å²) in [6, 6.07) is 23.8. The Morgan fingerprint density at radius 2 is 1.71 bits per heavy atom. The van der Waals surface area contributed by atoms with Crippen LogP contribution in [0.25, 0.3) is 22.2 Å². The fraction of sp³-hybridized carbons (Fsp3) is 0.321. The molecule has 1 aliphatic heterocycles. The molecule has 0 spiro atoms. The summed E-state index contributed by atoms with van der Waals surface area (Å²) >= 11 is 0. The Bertz CT molecular complexity index is 1330. The summed E-state index contributed by atoms with van der Waals surface area (Å²) in [5, 5.41) is 21.5. The summed E-state index contributed by atoms with van der Waals surface area (Å²) in [5.41, 5.74) is 3.90. The van der Waals surface area contributed by atoms with Crippen LogP contribution in [0.1, 0.15) is 50.8 Å². The molecule has 7 heteroatoms. The molecule has 0 bridgehead atoms. The third kappa shape index (κ3) is 4.64. The summed E-state index contributed by atoms with van der Waals surface area (Å²) in [6.45, 7) is 6.06. The number of ether oxygens (including phenoxy) is 1. The van der Waals surface area contributed by atoms with E-state index < -0.39 is 11.2 Å². The van der Waals surface area contributed by atoms with Gasteiger partial charge in [0.15, 0.2) is 0 Å². The topological polar surface area (TPSA) is 91.3 Å². The van der Waals surface area contributed by atoms with Crippen molar-refractivity contribution in [2.75, 3.05) is 6.54 Å². The number of carbonyl (C=O) groups is 1. The van der Waals surface area contributed by atoms with Crippen molar-refractivity contribution in [2.24, 2.45) is 0 Å². The lowest BCUT2D eigenvalue weighted by atomic mass is 9.80. The molecule has 0 radical (unpaired) electrons. The first-order valence-electron chi connectivity index (χ1n) is 11.9. The molecular weight excluding hydrogens is 440 g/mol. The number of hydrogen-bond acceptors (Lipinski definition) is 5. The molecule has 2 heterocycles. The predicted octanol–water partition coefficient (Wildman–Crippen LogP) is 5.58. The summed E-state index contributed by atoms with van der Waals surface area (Å²) in [5.74, 6) is 0. The van der Waals surface area contributed by atoms with Crippen molar-refractivity contribution in [1.82, 2.24) is 20.3 Å². The second kappa shape index (κ2) is 8.82. The number of nitrogens with one attached hydrogen (secondary N) is 1. The zero-order chi connectivity index (χ0) is 24.6. The van der Waals surface area contributed by atoms with Crippen LogP contribution in [0.3, 0.4) is 0 Å². The van der Waals surface area contributed by atoms with Crippen molar-refractivity contribution < 1.29 is 14.6 Å². The van der Waals surface area contributed by atoms with E-state index in [-0.39, 0.29) is 12.1 Å². The van der Waals surface area contributed by atoms with Gasteiger partial charge in [0, 0.05) is 19.4 Å². The van der Waals surface area contributed by atoms with Crippen LogP contribution in [-0.4, -0.2) is 43.7 Å². The third-order valence-corrected chi connectivity index (χ3v) is 6.80. The highest BCUT2D eigenvalue weighted by atomic mass is 16.6. The van der Waals surface area contributed by atoms with Gasteiger partial charge in [-0.1, -0.05) is 60.7 Å². The van der Waals surface area contributed by atoms with Gasteiger partial charge in [-0.3, -0.25) is 0 Å². The van der Waals surface area contributed by atoms with Crippen LogP contribution in [0.2, 0.25) is 0 Å². The predicted molar refractivity (Wildman–Crippen MR) is 135 cm³/mol. The molecule has 0 saturated carbocycles. The fourth-order valence-corrected chi connectivity index (χ4v) is 5.05. The highest BCUT2D eigenvalue weighted by Gasteiger charge is 2.46. The summed E-state index contributed by atoms with van der Waals surface area (Å²) in [7, 11) is 0. The van der Waals surface area contributed by atoms with E-state index in [0.717, 1.165) is 33.3 Å². The molecule has 0 aliphatic carbocycles. The van der Waals surface area contributed by atoms with Gasteiger partial charge < -0.3 is 14.7 Å². The molecular formula is C28H30N4O3. The van der Waals surface area contributed by atoms with Crippen LogP contribution >= 0.6 is 0 Å². The van der Waals surface area contributed by atoms with E-state index in [4.69, 9.17) is 4.74 Å². The number of fused-ring (bicyclic) bond motifs is 1. The minimum absolute atomic E-state index is 0.148. The molecule has 1 unspecified atom stereocenters. The van der Waals surface area contributed by atoms with Crippen LogP contribution in [0.15, 0.2) is 72.8 Å². The van der Waals surface area contributed by atoms with Crippen LogP contribution in [-0.2, 0) is 10.3 Å². The number of aromatic amines is 1.